The van der Waals surface area contributed by atoms with Crippen LogP contribution >= 0.6 is 11.3 Å². The Morgan fingerprint density at radius 2 is 1.95 bits per heavy atom. The molecule has 0 saturated carbocycles. The Morgan fingerprint density at radius 3 is 2.42 bits per heavy atom. The minimum Gasteiger partial charge on any atom is -0.298 e. The molecule has 0 radical (unpaired) electrons. The summed E-state index contributed by atoms with van der Waals surface area (Å²) in [6.45, 7) is 8.22. The molecule has 1 aromatic heterocycles. The molecule has 0 aromatic carbocycles. The molecule has 19 heavy (non-hydrogen) atoms. The number of halogens is 2. The fraction of sp³-hybridized carbons (Fsp3) is 0.733. The van der Waals surface area contributed by atoms with Crippen LogP contribution in [-0.4, -0.2) is 31.0 Å². The molecule has 2 rings (SSSR count). The normalized spacial score (nSPS) is 20.1. The molecule has 1 aromatic rings. The van der Waals surface area contributed by atoms with E-state index in [1.807, 2.05) is 16.2 Å². The minimum atomic E-state index is -2.20. The molecule has 0 bridgehead atoms. The number of nitrogens with zero attached hydrogens (tertiary/aromatic N) is 1. The predicted molar refractivity (Wildman–Crippen MR) is 77.4 cm³/mol. The first-order valence-corrected chi connectivity index (χ1v) is 7.86. The summed E-state index contributed by atoms with van der Waals surface area (Å²) in [6, 6.07) is 2.25. The Labute approximate surface area is 118 Å². The third-order valence-corrected chi connectivity index (χ3v) is 5.58. The smallest absolute Gasteiger partial charge is 0.251 e. The molecule has 1 aliphatic rings. The summed E-state index contributed by atoms with van der Waals surface area (Å²) < 4.78 is 24.7. The third-order valence-electron chi connectivity index (χ3n) is 4.23. The highest BCUT2D eigenvalue weighted by Crippen LogP contribution is 2.37. The molecule has 1 saturated heterocycles. The number of alkyl halides is 2. The molecule has 0 unspecified atom stereocenters. The van der Waals surface area contributed by atoms with Gasteiger partial charge in [0.15, 0.2) is 0 Å². The number of rotatable bonds is 4. The molecule has 1 fully saturated rings. The number of hydrogen-bond acceptors (Lipinski definition) is 2. The lowest BCUT2D eigenvalue weighted by Crippen LogP contribution is -2.38. The molecular weight excluding hydrogens is 264 g/mol. The van der Waals surface area contributed by atoms with Gasteiger partial charge >= 0.3 is 0 Å². The summed E-state index contributed by atoms with van der Waals surface area (Å²) in [5, 5.41) is 0. The minimum absolute atomic E-state index is 0.0573. The lowest BCUT2D eigenvalue weighted by molar-refractivity contribution is 0.0666. The summed E-state index contributed by atoms with van der Waals surface area (Å²) in [6.07, 6.45) is -0.106. The number of thiophene rings is 1. The van der Waals surface area contributed by atoms with Crippen molar-refractivity contribution in [2.24, 2.45) is 5.92 Å². The molecule has 4 heteroatoms. The van der Waals surface area contributed by atoms with Gasteiger partial charge < -0.3 is 0 Å². The first kappa shape index (κ1) is 14.9. The maximum atomic E-state index is 12.4. The highest BCUT2D eigenvalue weighted by Gasteiger charge is 2.27. The van der Waals surface area contributed by atoms with Crippen LogP contribution in [0.3, 0.4) is 0 Å². The van der Waals surface area contributed by atoms with Crippen LogP contribution in [-0.2, 0) is 0 Å². The number of hydrogen-bond donors (Lipinski definition) is 0. The largest absolute Gasteiger partial charge is 0.298 e. The lowest BCUT2D eigenvalue weighted by atomic mass is 9.83. The zero-order valence-corrected chi connectivity index (χ0v) is 12.8. The second-order valence-corrected chi connectivity index (χ2v) is 7.01. The molecule has 1 atom stereocenters. The van der Waals surface area contributed by atoms with Crippen molar-refractivity contribution in [2.45, 2.75) is 46.0 Å². The Balaban J connectivity index is 1.92. The fourth-order valence-electron chi connectivity index (χ4n) is 3.16. The van der Waals surface area contributed by atoms with Gasteiger partial charge in [0.1, 0.15) is 0 Å². The highest BCUT2D eigenvalue weighted by molar-refractivity contribution is 7.12. The van der Waals surface area contributed by atoms with Crippen LogP contribution in [0.25, 0.3) is 0 Å². The van der Waals surface area contributed by atoms with E-state index in [9.17, 15) is 8.78 Å². The van der Waals surface area contributed by atoms with Gasteiger partial charge in [-0.25, -0.2) is 8.78 Å². The molecule has 108 valence electrons. The van der Waals surface area contributed by atoms with Gasteiger partial charge in [-0.3, -0.25) is 4.90 Å². The summed E-state index contributed by atoms with van der Waals surface area (Å²) >= 11 is 1.89. The van der Waals surface area contributed by atoms with Crippen LogP contribution < -0.4 is 0 Å². The second-order valence-electron chi connectivity index (χ2n) is 5.72. The Kier molecular flexibility index (Phi) is 4.96. The average molecular weight is 287 g/mol. The van der Waals surface area contributed by atoms with Gasteiger partial charge in [-0.2, -0.15) is 0 Å². The van der Waals surface area contributed by atoms with E-state index in [4.69, 9.17) is 0 Å². The maximum Gasteiger partial charge on any atom is 0.251 e. The highest BCUT2D eigenvalue weighted by atomic mass is 32.1. The molecule has 0 amide bonds. The standard InChI is InChI=1S/C15H23F2NS/c1-10-8-11(2)19-15(10)12(3)13-4-6-18(7-5-13)9-14(16)17/h8,12-14H,4-7,9H2,1-3H3/t12-/m1/s1. The van der Waals surface area contributed by atoms with Gasteiger partial charge in [0, 0.05) is 9.75 Å². The molecule has 0 aliphatic carbocycles. The molecular formula is C15H23F2NS. The Bertz CT molecular complexity index is 408. The van der Waals surface area contributed by atoms with Gasteiger partial charge in [-0.15, -0.1) is 11.3 Å². The van der Waals surface area contributed by atoms with E-state index in [0.717, 1.165) is 25.9 Å². The summed E-state index contributed by atoms with van der Waals surface area (Å²) in [5.41, 5.74) is 1.39. The van der Waals surface area contributed by atoms with Crippen LogP contribution in [0.1, 0.15) is 41.0 Å². The van der Waals surface area contributed by atoms with Crippen molar-refractivity contribution in [3.63, 3.8) is 0 Å². The van der Waals surface area contributed by atoms with Gasteiger partial charge in [0.05, 0.1) is 6.54 Å². The first-order chi connectivity index (χ1) is 8.97. The van der Waals surface area contributed by atoms with Crippen molar-refractivity contribution in [2.75, 3.05) is 19.6 Å². The van der Waals surface area contributed by atoms with Crippen molar-refractivity contribution in [3.05, 3.63) is 21.4 Å². The topological polar surface area (TPSA) is 3.24 Å². The zero-order valence-electron chi connectivity index (χ0n) is 12.0. The van der Waals surface area contributed by atoms with Crippen LogP contribution in [0, 0.1) is 19.8 Å². The van der Waals surface area contributed by atoms with Crippen molar-refractivity contribution in [3.8, 4) is 0 Å². The predicted octanol–water partition coefficient (Wildman–Crippen LogP) is 4.45. The van der Waals surface area contributed by atoms with Crippen LogP contribution in [0.4, 0.5) is 8.78 Å². The van der Waals surface area contributed by atoms with Gasteiger partial charge in [0.25, 0.3) is 6.43 Å². The molecule has 1 aliphatic heterocycles. The summed E-state index contributed by atoms with van der Waals surface area (Å²) in [7, 11) is 0. The van der Waals surface area contributed by atoms with E-state index in [0.29, 0.717) is 11.8 Å². The number of aryl methyl sites for hydroxylation is 2. The Hall–Kier alpha value is -0.480. The molecule has 0 N–H and O–H groups in total. The van der Waals surface area contributed by atoms with E-state index in [2.05, 4.69) is 26.8 Å². The van der Waals surface area contributed by atoms with Crippen LogP contribution in [0.5, 0.6) is 0 Å². The second kappa shape index (κ2) is 6.31. The molecule has 0 spiro atoms. The average Bonchev–Trinajstić information content (AvgIpc) is 2.68. The van der Waals surface area contributed by atoms with Gasteiger partial charge in [-0.1, -0.05) is 6.92 Å². The first-order valence-electron chi connectivity index (χ1n) is 7.04. The van der Waals surface area contributed by atoms with E-state index in [-0.39, 0.29) is 6.54 Å². The summed E-state index contributed by atoms with van der Waals surface area (Å²) in [5.74, 6) is 1.21. The summed E-state index contributed by atoms with van der Waals surface area (Å²) in [4.78, 5) is 4.76. The maximum absolute atomic E-state index is 12.4. The fourth-order valence-corrected chi connectivity index (χ4v) is 4.34. The van der Waals surface area contributed by atoms with Crippen LogP contribution in [0.2, 0.25) is 0 Å². The van der Waals surface area contributed by atoms with E-state index in [1.165, 1.54) is 15.3 Å². The molecule has 1 nitrogen and oxygen atoms in total. The van der Waals surface area contributed by atoms with E-state index >= 15 is 0 Å². The monoisotopic (exact) mass is 287 g/mol. The zero-order chi connectivity index (χ0) is 14.0. The van der Waals surface area contributed by atoms with Crippen molar-refractivity contribution >= 4 is 11.3 Å². The van der Waals surface area contributed by atoms with Crippen molar-refractivity contribution in [1.29, 1.82) is 0 Å². The lowest BCUT2D eigenvalue weighted by Gasteiger charge is -2.34. The Morgan fingerprint density at radius 1 is 1.32 bits per heavy atom. The number of piperidine rings is 1. The third kappa shape index (κ3) is 3.76. The van der Waals surface area contributed by atoms with E-state index in [1.54, 1.807) is 0 Å². The van der Waals surface area contributed by atoms with Crippen LogP contribution in [0.15, 0.2) is 6.07 Å². The van der Waals surface area contributed by atoms with Gasteiger partial charge in [-0.05, 0) is 63.2 Å². The van der Waals surface area contributed by atoms with Gasteiger partial charge in [0.2, 0.25) is 0 Å². The van der Waals surface area contributed by atoms with Crippen molar-refractivity contribution in [1.82, 2.24) is 4.90 Å². The quantitative estimate of drug-likeness (QED) is 0.791. The molecule has 2 heterocycles. The van der Waals surface area contributed by atoms with E-state index < -0.39 is 6.43 Å². The van der Waals surface area contributed by atoms with Crippen molar-refractivity contribution < 1.29 is 8.78 Å². The SMILES string of the molecule is Cc1cc(C)c([C@H](C)C2CCN(CC(F)F)CC2)s1. The number of likely N-dealkylation sites (tertiary alicyclic amines) is 1.